The molecule has 1 aliphatic heterocycles. The summed E-state index contributed by atoms with van der Waals surface area (Å²) in [5.41, 5.74) is -0.581. The summed E-state index contributed by atoms with van der Waals surface area (Å²) in [4.78, 5) is 27.6. The Morgan fingerprint density at radius 1 is 1.14 bits per heavy atom. The molecule has 5 rings (SSSR count). The SMILES string of the molecule is Cc1nc2cc(N3CCO[C@@H](c4ccnc(C(F)(F)F)c4)C3)nc(-c3ccc(Cl)cc3F)c2c(=O)n1C. The van der Waals surface area contributed by atoms with Crippen LogP contribution in [0.1, 0.15) is 23.2 Å². The molecule has 0 saturated carbocycles. The second-order valence-electron chi connectivity index (χ2n) is 8.65. The summed E-state index contributed by atoms with van der Waals surface area (Å²) < 4.78 is 61.7. The molecule has 1 saturated heterocycles. The summed E-state index contributed by atoms with van der Waals surface area (Å²) in [5.74, 6) is 0.182. The molecule has 1 fully saturated rings. The first-order valence-electron chi connectivity index (χ1n) is 11.3. The van der Waals surface area contributed by atoms with Crippen LogP contribution in [-0.2, 0) is 18.0 Å². The number of pyridine rings is 2. The molecule has 0 amide bonds. The van der Waals surface area contributed by atoms with E-state index in [0.717, 1.165) is 18.3 Å². The largest absolute Gasteiger partial charge is 0.433 e. The lowest BCUT2D eigenvalue weighted by Gasteiger charge is -2.34. The van der Waals surface area contributed by atoms with Crippen LogP contribution in [0.4, 0.5) is 23.4 Å². The Bertz CT molecular complexity index is 1570. The van der Waals surface area contributed by atoms with Crippen LogP contribution >= 0.6 is 11.6 Å². The Morgan fingerprint density at radius 3 is 2.65 bits per heavy atom. The van der Waals surface area contributed by atoms with Gasteiger partial charge in [-0.15, -0.1) is 0 Å². The molecule has 0 spiro atoms. The van der Waals surface area contributed by atoms with Crippen LogP contribution in [0.3, 0.4) is 0 Å². The number of nitrogens with zero attached hydrogens (tertiary/aromatic N) is 5. The fraction of sp³-hybridized carbons (Fsp3) is 0.280. The first kappa shape index (κ1) is 25.1. The van der Waals surface area contributed by atoms with E-state index in [4.69, 9.17) is 16.3 Å². The molecule has 0 aliphatic carbocycles. The predicted molar refractivity (Wildman–Crippen MR) is 130 cm³/mol. The summed E-state index contributed by atoms with van der Waals surface area (Å²) in [7, 11) is 1.57. The van der Waals surface area contributed by atoms with Gasteiger partial charge in [-0.2, -0.15) is 13.2 Å². The van der Waals surface area contributed by atoms with Crippen molar-refractivity contribution in [3.05, 3.63) is 80.9 Å². The second-order valence-corrected chi connectivity index (χ2v) is 9.08. The maximum atomic E-state index is 15.0. The molecule has 3 aromatic heterocycles. The Labute approximate surface area is 213 Å². The molecule has 1 aromatic carbocycles. The molecule has 4 aromatic rings. The van der Waals surface area contributed by atoms with Gasteiger partial charge in [-0.1, -0.05) is 11.6 Å². The summed E-state index contributed by atoms with van der Waals surface area (Å²) in [5, 5.41) is 0.335. The molecule has 0 bridgehead atoms. The van der Waals surface area contributed by atoms with E-state index in [9.17, 15) is 22.4 Å². The third-order valence-electron chi connectivity index (χ3n) is 6.29. The van der Waals surface area contributed by atoms with Gasteiger partial charge in [0, 0.05) is 43.0 Å². The van der Waals surface area contributed by atoms with Crippen molar-refractivity contribution in [3.63, 3.8) is 0 Å². The first-order chi connectivity index (χ1) is 17.5. The zero-order valence-electron chi connectivity index (χ0n) is 19.7. The van der Waals surface area contributed by atoms with Gasteiger partial charge in [0.05, 0.1) is 23.2 Å². The number of halogens is 5. The van der Waals surface area contributed by atoms with Crippen molar-refractivity contribution >= 4 is 28.3 Å². The van der Waals surface area contributed by atoms with Gasteiger partial charge in [-0.25, -0.2) is 14.4 Å². The van der Waals surface area contributed by atoms with Crippen molar-refractivity contribution in [1.82, 2.24) is 19.5 Å². The van der Waals surface area contributed by atoms with Gasteiger partial charge in [0.15, 0.2) is 0 Å². The molecule has 192 valence electrons. The average Bonchev–Trinajstić information content (AvgIpc) is 2.86. The van der Waals surface area contributed by atoms with E-state index in [0.29, 0.717) is 29.3 Å². The molecular weight excluding hydrogens is 514 g/mol. The van der Waals surface area contributed by atoms with Crippen LogP contribution in [-0.4, -0.2) is 39.2 Å². The average molecular weight is 534 g/mol. The van der Waals surface area contributed by atoms with Crippen molar-refractivity contribution in [2.45, 2.75) is 19.2 Å². The van der Waals surface area contributed by atoms with Gasteiger partial charge in [0.2, 0.25) is 0 Å². The summed E-state index contributed by atoms with van der Waals surface area (Å²) in [6.07, 6.45) is -4.18. The lowest BCUT2D eigenvalue weighted by atomic mass is 10.1. The van der Waals surface area contributed by atoms with Crippen molar-refractivity contribution in [1.29, 1.82) is 0 Å². The van der Waals surface area contributed by atoms with Crippen molar-refractivity contribution in [2.75, 3.05) is 24.6 Å². The normalized spacial score (nSPS) is 16.4. The van der Waals surface area contributed by atoms with Crippen LogP contribution < -0.4 is 10.5 Å². The molecule has 4 heterocycles. The van der Waals surface area contributed by atoms with E-state index in [-0.39, 0.29) is 40.4 Å². The number of benzene rings is 1. The van der Waals surface area contributed by atoms with Crippen molar-refractivity contribution in [2.24, 2.45) is 7.05 Å². The van der Waals surface area contributed by atoms with Crippen LogP contribution in [0.5, 0.6) is 0 Å². The monoisotopic (exact) mass is 533 g/mol. The van der Waals surface area contributed by atoms with E-state index < -0.39 is 23.8 Å². The second kappa shape index (κ2) is 9.38. The number of alkyl halides is 3. The van der Waals surface area contributed by atoms with Crippen molar-refractivity contribution < 1.29 is 22.3 Å². The fourth-order valence-corrected chi connectivity index (χ4v) is 4.44. The maximum absolute atomic E-state index is 15.0. The number of aromatic nitrogens is 4. The fourth-order valence-electron chi connectivity index (χ4n) is 4.28. The number of hydrogen-bond donors (Lipinski definition) is 0. The standard InChI is InChI=1S/C25H20ClF4N5O2/c1-13-32-18-11-21(33-23(22(18)24(36)34(13)2)16-4-3-15(26)10-17(16)27)35-7-8-37-19(12-35)14-5-6-31-20(9-14)25(28,29)30/h3-6,9-11,19H,7-8,12H2,1-2H3/t19-/m1/s1. The molecule has 37 heavy (non-hydrogen) atoms. The molecule has 7 nitrogen and oxygen atoms in total. The zero-order chi connectivity index (χ0) is 26.5. The predicted octanol–water partition coefficient (Wildman–Crippen LogP) is 5.09. The number of ether oxygens (including phenoxy) is 1. The molecule has 0 N–H and O–H groups in total. The van der Waals surface area contributed by atoms with E-state index in [2.05, 4.69) is 15.0 Å². The molecule has 0 radical (unpaired) electrons. The highest BCUT2D eigenvalue weighted by Gasteiger charge is 2.34. The topological polar surface area (TPSA) is 73.1 Å². The van der Waals surface area contributed by atoms with Gasteiger partial charge in [0.25, 0.3) is 5.56 Å². The summed E-state index contributed by atoms with van der Waals surface area (Å²) >= 11 is 5.93. The highest BCUT2D eigenvalue weighted by Crippen LogP contribution is 2.34. The van der Waals surface area contributed by atoms with Gasteiger partial charge >= 0.3 is 6.18 Å². The highest BCUT2D eigenvalue weighted by molar-refractivity contribution is 6.30. The molecule has 1 atom stereocenters. The lowest BCUT2D eigenvalue weighted by molar-refractivity contribution is -0.141. The highest BCUT2D eigenvalue weighted by atomic mass is 35.5. The Morgan fingerprint density at radius 2 is 1.92 bits per heavy atom. The van der Waals surface area contributed by atoms with Gasteiger partial charge in [-0.05, 0) is 42.8 Å². The minimum absolute atomic E-state index is 0.0766. The van der Waals surface area contributed by atoms with Gasteiger partial charge < -0.3 is 9.64 Å². The number of rotatable bonds is 3. The van der Waals surface area contributed by atoms with Crippen molar-refractivity contribution in [3.8, 4) is 11.3 Å². The Hall–Kier alpha value is -3.57. The van der Waals surface area contributed by atoms with Crippen LogP contribution in [0, 0.1) is 12.7 Å². The zero-order valence-corrected chi connectivity index (χ0v) is 20.4. The minimum atomic E-state index is -4.59. The number of anilines is 1. The summed E-state index contributed by atoms with van der Waals surface area (Å²) in [6.45, 7) is 2.43. The first-order valence-corrected chi connectivity index (χ1v) is 11.6. The van der Waals surface area contributed by atoms with E-state index in [1.54, 1.807) is 20.0 Å². The van der Waals surface area contributed by atoms with Gasteiger partial charge in [0.1, 0.15) is 29.3 Å². The molecule has 12 heteroatoms. The maximum Gasteiger partial charge on any atom is 0.433 e. The third kappa shape index (κ3) is 4.76. The lowest BCUT2D eigenvalue weighted by Crippen LogP contribution is -2.39. The number of fused-ring (bicyclic) bond motifs is 1. The van der Waals surface area contributed by atoms with Gasteiger partial charge in [-0.3, -0.25) is 14.3 Å². The smallest absolute Gasteiger partial charge is 0.370 e. The number of aryl methyl sites for hydroxylation is 1. The molecule has 0 unspecified atom stereocenters. The van der Waals surface area contributed by atoms with Crippen LogP contribution in [0.25, 0.3) is 22.2 Å². The minimum Gasteiger partial charge on any atom is -0.370 e. The Kier molecular flexibility index (Phi) is 6.36. The number of morpholine rings is 1. The Balaban J connectivity index is 1.62. The van der Waals surface area contributed by atoms with E-state index >= 15 is 0 Å². The van der Waals surface area contributed by atoms with E-state index in [1.165, 1.54) is 22.8 Å². The van der Waals surface area contributed by atoms with Crippen LogP contribution in [0.15, 0.2) is 47.4 Å². The number of hydrogen-bond acceptors (Lipinski definition) is 6. The third-order valence-corrected chi connectivity index (χ3v) is 6.53. The molecule has 1 aliphatic rings. The van der Waals surface area contributed by atoms with Crippen LogP contribution in [0.2, 0.25) is 5.02 Å². The summed E-state index contributed by atoms with van der Waals surface area (Å²) in [6, 6.07) is 8.14. The quantitative estimate of drug-likeness (QED) is 0.342. The molecular formula is C25H20ClF4N5O2. The van der Waals surface area contributed by atoms with E-state index in [1.807, 2.05) is 4.90 Å².